The van der Waals surface area contributed by atoms with Crippen LogP contribution in [0.2, 0.25) is 0 Å². The van der Waals surface area contributed by atoms with Crippen molar-refractivity contribution in [3.63, 3.8) is 0 Å². The largest absolute Gasteiger partial charge is 0.395 e. The SMILES string of the molecule is CCCCCNCC(=O)C1CNCCN1CCO. The van der Waals surface area contributed by atoms with Crippen molar-refractivity contribution in [2.24, 2.45) is 0 Å². The molecule has 0 aromatic rings. The fraction of sp³-hybridized carbons (Fsp3) is 0.923. The molecule has 0 bridgehead atoms. The van der Waals surface area contributed by atoms with Crippen LogP contribution in [0.15, 0.2) is 0 Å². The van der Waals surface area contributed by atoms with Crippen molar-refractivity contribution >= 4 is 5.78 Å². The van der Waals surface area contributed by atoms with Gasteiger partial charge in [-0.2, -0.15) is 0 Å². The molecule has 106 valence electrons. The molecule has 0 spiro atoms. The number of hydrogen-bond donors (Lipinski definition) is 3. The van der Waals surface area contributed by atoms with Crippen molar-refractivity contribution in [3.8, 4) is 0 Å². The molecule has 1 heterocycles. The Balaban J connectivity index is 2.25. The van der Waals surface area contributed by atoms with Crippen LogP contribution in [0.5, 0.6) is 0 Å². The predicted molar refractivity (Wildman–Crippen MR) is 72.7 cm³/mol. The third kappa shape index (κ3) is 5.44. The summed E-state index contributed by atoms with van der Waals surface area (Å²) in [4.78, 5) is 14.2. The number of unbranched alkanes of at least 4 members (excludes halogenated alkanes) is 2. The second-order valence-electron chi connectivity index (χ2n) is 4.83. The topological polar surface area (TPSA) is 64.6 Å². The van der Waals surface area contributed by atoms with Gasteiger partial charge in [0.15, 0.2) is 5.78 Å². The average Bonchev–Trinajstić information content (AvgIpc) is 2.39. The molecule has 0 saturated carbocycles. The Morgan fingerprint density at radius 1 is 1.50 bits per heavy atom. The Bertz CT molecular complexity index is 234. The maximum Gasteiger partial charge on any atom is 0.164 e. The van der Waals surface area contributed by atoms with Gasteiger partial charge in [-0.15, -0.1) is 0 Å². The zero-order valence-corrected chi connectivity index (χ0v) is 11.5. The van der Waals surface area contributed by atoms with E-state index in [2.05, 4.69) is 22.5 Å². The molecule has 3 N–H and O–H groups in total. The van der Waals surface area contributed by atoms with Crippen LogP contribution in [0.25, 0.3) is 0 Å². The first-order valence-corrected chi connectivity index (χ1v) is 7.08. The molecule has 1 atom stereocenters. The number of nitrogens with zero attached hydrogens (tertiary/aromatic N) is 1. The molecule has 0 radical (unpaired) electrons. The molecule has 1 aliphatic rings. The summed E-state index contributed by atoms with van der Waals surface area (Å²) >= 11 is 0. The first kappa shape index (κ1) is 15.6. The standard InChI is InChI=1S/C13H27N3O2/c1-2-3-4-5-14-11-13(18)12-10-15-6-7-16(12)8-9-17/h12,14-15,17H,2-11H2,1H3. The molecule has 0 aromatic heterocycles. The van der Waals surface area contributed by atoms with Gasteiger partial charge in [0.05, 0.1) is 19.2 Å². The summed E-state index contributed by atoms with van der Waals surface area (Å²) in [6, 6.07) is -0.0791. The molecule has 0 aliphatic carbocycles. The van der Waals surface area contributed by atoms with Crippen molar-refractivity contribution < 1.29 is 9.90 Å². The fourth-order valence-corrected chi connectivity index (χ4v) is 2.29. The lowest BCUT2D eigenvalue weighted by Crippen LogP contribution is -2.57. The number of rotatable bonds is 9. The predicted octanol–water partition coefficient (Wildman–Crippen LogP) is -0.399. The summed E-state index contributed by atoms with van der Waals surface area (Å²) < 4.78 is 0. The Kier molecular flexibility index (Phi) is 8.17. The van der Waals surface area contributed by atoms with Gasteiger partial charge in [-0.1, -0.05) is 19.8 Å². The number of aliphatic hydroxyl groups excluding tert-OH is 1. The number of ketones is 1. The van der Waals surface area contributed by atoms with Gasteiger partial charge in [0, 0.05) is 26.2 Å². The minimum absolute atomic E-state index is 0.0791. The van der Waals surface area contributed by atoms with Crippen LogP contribution < -0.4 is 10.6 Å². The van der Waals surface area contributed by atoms with E-state index >= 15 is 0 Å². The highest BCUT2D eigenvalue weighted by molar-refractivity contribution is 5.86. The van der Waals surface area contributed by atoms with Crippen LogP contribution in [-0.2, 0) is 4.79 Å². The number of nitrogens with one attached hydrogen (secondary N) is 2. The van der Waals surface area contributed by atoms with Crippen molar-refractivity contribution in [3.05, 3.63) is 0 Å². The van der Waals surface area contributed by atoms with Gasteiger partial charge in [0.2, 0.25) is 0 Å². The highest BCUT2D eigenvalue weighted by Gasteiger charge is 2.27. The summed E-state index contributed by atoms with van der Waals surface area (Å²) in [7, 11) is 0. The number of hydrogen-bond acceptors (Lipinski definition) is 5. The lowest BCUT2D eigenvalue weighted by atomic mass is 10.1. The van der Waals surface area contributed by atoms with E-state index in [1.807, 2.05) is 0 Å². The Labute approximate surface area is 110 Å². The van der Waals surface area contributed by atoms with Gasteiger partial charge >= 0.3 is 0 Å². The summed E-state index contributed by atoms with van der Waals surface area (Å²) in [6.07, 6.45) is 3.54. The first-order valence-electron chi connectivity index (χ1n) is 7.08. The van der Waals surface area contributed by atoms with Crippen molar-refractivity contribution in [1.29, 1.82) is 0 Å². The zero-order chi connectivity index (χ0) is 13.2. The number of piperazine rings is 1. The van der Waals surface area contributed by atoms with Gasteiger partial charge in [-0.05, 0) is 13.0 Å². The smallest absolute Gasteiger partial charge is 0.164 e. The normalized spacial score (nSPS) is 21.1. The quantitative estimate of drug-likeness (QED) is 0.491. The molecular formula is C13H27N3O2. The highest BCUT2D eigenvalue weighted by atomic mass is 16.3. The average molecular weight is 257 g/mol. The van der Waals surface area contributed by atoms with Gasteiger partial charge < -0.3 is 15.7 Å². The number of β-amino-alcohol motifs (C(OH)–C–C–N with tert-alkyl or cyclic N) is 1. The zero-order valence-electron chi connectivity index (χ0n) is 11.5. The van der Waals surface area contributed by atoms with Crippen LogP contribution in [0, 0.1) is 0 Å². The summed E-state index contributed by atoms with van der Waals surface area (Å²) in [5.74, 6) is 0.229. The van der Waals surface area contributed by atoms with Gasteiger partial charge in [0.25, 0.3) is 0 Å². The van der Waals surface area contributed by atoms with Crippen LogP contribution in [-0.4, -0.2) is 67.7 Å². The second-order valence-corrected chi connectivity index (χ2v) is 4.83. The van der Waals surface area contributed by atoms with Crippen LogP contribution in [0.1, 0.15) is 26.2 Å². The summed E-state index contributed by atoms with van der Waals surface area (Å²) in [5, 5.41) is 15.5. The van der Waals surface area contributed by atoms with Crippen LogP contribution in [0.4, 0.5) is 0 Å². The molecule has 18 heavy (non-hydrogen) atoms. The highest BCUT2D eigenvalue weighted by Crippen LogP contribution is 2.03. The molecule has 1 saturated heterocycles. The molecule has 1 fully saturated rings. The summed E-state index contributed by atoms with van der Waals surface area (Å²) in [5.41, 5.74) is 0. The molecule has 0 aromatic carbocycles. The van der Waals surface area contributed by atoms with Gasteiger partial charge in [0.1, 0.15) is 0 Å². The van der Waals surface area contributed by atoms with Gasteiger partial charge in [-0.25, -0.2) is 0 Å². The Morgan fingerprint density at radius 2 is 2.33 bits per heavy atom. The number of Topliss-reactive ketones (excluding diaryl/α,β-unsaturated/α-hetero) is 1. The molecule has 5 heteroatoms. The Hall–Kier alpha value is -0.490. The molecular weight excluding hydrogens is 230 g/mol. The second kappa shape index (κ2) is 9.44. The van der Waals surface area contributed by atoms with Crippen LogP contribution in [0.3, 0.4) is 0 Å². The van der Waals surface area contributed by atoms with E-state index in [-0.39, 0.29) is 18.4 Å². The molecule has 0 amide bonds. The number of aliphatic hydroxyl groups is 1. The minimum Gasteiger partial charge on any atom is -0.395 e. The monoisotopic (exact) mass is 257 g/mol. The third-order valence-electron chi connectivity index (χ3n) is 3.37. The Morgan fingerprint density at radius 3 is 3.06 bits per heavy atom. The fourth-order valence-electron chi connectivity index (χ4n) is 2.29. The van der Waals surface area contributed by atoms with E-state index in [9.17, 15) is 4.79 Å². The van der Waals surface area contributed by atoms with E-state index < -0.39 is 0 Å². The van der Waals surface area contributed by atoms with Crippen molar-refractivity contribution in [2.45, 2.75) is 32.2 Å². The maximum absolute atomic E-state index is 12.1. The summed E-state index contributed by atoms with van der Waals surface area (Å²) in [6.45, 7) is 6.68. The number of carbonyl (C=O) groups excluding carboxylic acids is 1. The lowest BCUT2D eigenvalue weighted by Gasteiger charge is -2.34. The molecule has 1 aliphatic heterocycles. The molecule has 1 rings (SSSR count). The van der Waals surface area contributed by atoms with E-state index in [4.69, 9.17) is 5.11 Å². The third-order valence-corrected chi connectivity index (χ3v) is 3.37. The minimum atomic E-state index is -0.0791. The van der Waals surface area contributed by atoms with Crippen LogP contribution >= 0.6 is 0 Å². The maximum atomic E-state index is 12.1. The van der Waals surface area contributed by atoms with E-state index in [0.29, 0.717) is 19.6 Å². The molecule has 5 nitrogen and oxygen atoms in total. The lowest BCUT2D eigenvalue weighted by molar-refractivity contribution is -0.124. The van der Waals surface area contributed by atoms with Gasteiger partial charge in [-0.3, -0.25) is 9.69 Å². The first-order chi connectivity index (χ1) is 8.79. The van der Waals surface area contributed by atoms with E-state index in [0.717, 1.165) is 26.1 Å². The van der Waals surface area contributed by atoms with E-state index in [1.54, 1.807) is 0 Å². The van der Waals surface area contributed by atoms with Crippen molar-refractivity contribution in [1.82, 2.24) is 15.5 Å². The van der Waals surface area contributed by atoms with E-state index in [1.165, 1.54) is 12.8 Å². The molecule has 1 unspecified atom stereocenters. The van der Waals surface area contributed by atoms with Crippen molar-refractivity contribution in [2.75, 3.05) is 45.9 Å². The number of carbonyl (C=O) groups is 1.